The molecule has 0 amide bonds. The van der Waals surface area contributed by atoms with Crippen molar-refractivity contribution in [3.05, 3.63) is 16.2 Å². The van der Waals surface area contributed by atoms with Gasteiger partial charge in [-0.05, 0) is 19.8 Å². The van der Waals surface area contributed by atoms with Crippen LogP contribution in [-0.2, 0) is 7.05 Å². The first-order chi connectivity index (χ1) is 9.65. The Hall–Kier alpha value is -1.27. The van der Waals surface area contributed by atoms with Crippen molar-refractivity contribution in [3.8, 4) is 11.5 Å². The van der Waals surface area contributed by atoms with Crippen molar-refractivity contribution in [2.24, 2.45) is 12.8 Å². The highest BCUT2D eigenvalue weighted by Crippen LogP contribution is 2.32. The van der Waals surface area contributed by atoms with Gasteiger partial charge in [0.05, 0.1) is 6.04 Å². The van der Waals surface area contributed by atoms with Gasteiger partial charge in [0.25, 0.3) is 0 Å². The molecule has 3 rings (SSSR count). The average molecular weight is 291 g/mol. The number of rotatable bonds is 3. The third kappa shape index (κ3) is 2.62. The first kappa shape index (κ1) is 13.7. The molecule has 2 aromatic heterocycles. The van der Waals surface area contributed by atoms with Gasteiger partial charge in [0.1, 0.15) is 10.7 Å². The number of nitrogens with two attached hydrogens (primary N) is 1. The fraction of sp³-hybridized carbons (Fsp3) is 0.643. The Kier molecular flexibility index (Phi) is 3.85. The van der Waals surface area contributed by atoms with E-state index in [4.69, 9.17) is 10.7 Å². The largest absolute Gasteiger partial charge is 0.322 e. The summed E-state index contributed by atoms with van der Waals surface area (Å²) in [5.41, 5.74) is 6.76. The van der Waals surface area contributed by atoms with Crippen LogP contribution < -0.4 is 5.73 Å². The molecule has 0 saturated heterocycles. The Labute approximate surface area is 123 Å². The van der Waals surface area contributed by atoms with E-state index >= 15 is 0 Å². The second kappa shape index (κ2) is 5.61. The third-order valence-corrected chi connectivity index (χ3v) is 4.94. The van der Waals surface area contributed by atoms with Gasteiger partial charge >= 0.3 is 0 Å². The normalized spacial score (nSPS) is 18.4. The zero-order valence-electron chi connectivity index (χ0n) is 12.0. The maximum atomic E-state index is 5.87. The van der Waals surface area contributed by atoms with Crippen molar-refractivity contribution in [2.75, 3.05) is 0 Å². The molecular weight excluding hydrogens is 270 g/mol. The van der Waals surface area contributed by atoms with Crippen LogP contribution in [0.25, 0.3) is 11.5 Å². The molecule has 6 heteroatoms. The van der Waals surface area contributed by atoms with Gasteiger partial charge in [-0.1, -0.05) is 19.3 Å². The molecule has 0 radical (unpaired) electrons. The van der Waals surface area contributed by atoms with Crippen LogP contribution in [0.2, 0.25) is 0 Å². The van der Waals surface area contributed by atoms with Crippen LogP contribution in [0.15, 0.2) is 5.38 Å². The molecule has 1 saturated carbocycles. The zero-order valence-corrected chi connectivity index (χ0v) is 12.9. The molecule has 2 N–H and O–H groups in total. The molecule has 0 bridgehead atoms. The van der Waals surface area contributed by atoms with Crippen molar-refractivity contribution in [2.45, 2.75) is 51.0 Å². The average Bonchev–Trinajstić information content (AvgIpc) is 3.06. The molecule has 20 heavy (non-hydrogen) atoms. The molecule has 1 aliphatic carbocycles. The smallest absolute Gasteiger partial charge is 0.177 e. The van der Waals surface area contributed by atoms with Gasteiger partial charge in [-0.3, -0.25) is 0 Å². The summed E-state index contributed by atoms with van der Waals surface area (Å²) >= 11 is 1.59. The van der Waals surface area contributed by atoms with Gasteiger partial charge in [0.2, 0.25) is 0 Å². The zero-order chi connectivity index (χ0) is 14.1. The van der Waals surface area contributed by atoms with Crippen molar-refractivity contribution in [3.63, 3.8) is 0 Å². The Morgan fingerprint density at radius 2 is 2.05 bits per heavy atom. The van der Waals surface area contributed by atoms with E-state index in [1.54, 1.807) is 11.3 Å². The molecule has 108 valence electrons. The quantitative estimate of drug-likeness (QED) is 0.943. The highest BCUT2D eigenvalue weighted by Gasteiger charge is 2.22. The van der Waals surface area contributed by atoms with Crippen LogP contribution >= 0.6 is 11.3 Å². The SMILES string of the molecule is CC(N)c1nc(-c2nc(C3CCCCC3)nn2C)cs1. The van der Waals surface area contributed by atoms with Gasteiger partial charge in [-0.15, -0.1) is 11.3 Å². The first-order valence-corrected chi connectivity index (χ1v) is 8.15. The van der Waals surface area contributed by atoms with Gasteiger partial charge in [0.15, 0.2) is 11.6 Å². The fourth-order valence-corrected chi connectivity index (χ4v) is 3.52. The molecule has 2 heterocycles. The molecule has 0 aliphatic heterocycles. The number of aryl methyl sites for hydroxylation is 1. The summed E-state index contributed by atoms with van der Waals surface area (Å²) < 4.78 is 1.85. The Balaban J connectivity index is 1.87. The number of nitrogens with zero attached hydrogens (tertiary/aromatic N) is 4. The Morgan fingerprint density at radius 3 is 2.70 bits per heavy atom. The van der Waals surface area contributed by atoms with E-state index in [0.29, 0.717) is 5.92 Å². The summed E-state index contributed by atoms with van der Waals surface area (Å²) in [6.45, 7) is 1.95. The predicted molar refractivity (Wildman–Crippen MR) is 80.5 cm³/mol. The summed E-state index contributed by atoms with van der Waals surface area (Å²) in [5.74, 6) is 2.36. The molecule has 5 nitrogen and oxygen atoms in total. The van der Waals surface area contributed by atoms with E-state index in [9.17, 15) is 0 Å². The fourth-order valence-electron chi connectivity index (χ4n) is 2.76. The second-order valence-electron chi connectivity index (χ2n) is 5.61. The molecule has 0 aromatic carbocycles. The first-order valence-electron chi connectivity index (χ1n) is 7.27. The Morgan fingerprint density at radius 1 is 1.30 bits per heavy atom. The van der Waals surface area contributed by atoms with Crippen LogP contribution in [0.3, 0.4) is 0 Å². The number of hydrogen-bond donors (Lipinski definition) is 1. The minimum atomic E-state index is -0.0280. The van der Waals surface area contributed by atoms with Crippen molar-refractivity contribution in [1.82, 2.24) is 19.7 Å². The lowest BCUT2D eigenvalue weighted by atomic mass is 9.89. The maximum Gasteiger partial charge on any atom is 0.177 e. The van der Waals surface area contributed by atoms with E-state index in [0.717, 1.165) is 22.4 Å². The monoisotopic (exact) mass is 291 g/mol. The number of thiazole rings is 1. The lowest BCUT2D eigenvalue weighted by Gasteiger charge is -2.18. The van der Waals surface area contributed by atoms with Gasteiger partial charge < -0.3 is 5.73 Å². The van der Waals surface area contributed by atoms with E-state index in [-0.39, 0.29) is 6.04 Å². The van der Waals surface area contributed by atoms with Crippen LogP contribution in [-0.4, -0.2) is 19.7 Å². The van der Waals surface area contributed by atoms with Crippen molar-refractivity contribution < 1.29 is 0 Å². The van der Waals surface area contributed by atoms with Crippen molar-refractivity contribution >= 4 is 11.3 Å². The summed E-state index contributed by atoms with van der Waals surface area (Å²) in [7, 11) is 1.94. The van der Waals surface area contributed by atoms with E-state index in [1.165, 1.54) is 32.1 Å². The van der Waals surface area contributed by atoms with E-state index in [2.05, 4.69) is 10.1 Å². The highest BCUT2D eigenvalue weighted by atomic mass is 32.1. The van der Waals surface area contributed by atoms with Gasteiger partial charge in [-0.25, -0.2) is 14.6 Å². The molecular formula is C14H21N5S. The molecule has 1 fully saturated rings. The van der Waals surface area contributed by atoms with Crippen LogP contribution in [0.4, 0.5) is 0 Å². The van der Waals surface area contributed by atoms with Crippen LogP contribution in [0.5, 0.6) is 0 Å². The molecule has 0 spiro atoms. The van der Waals surface area contributed by atoms with E-state index in [1.807, 2.05) is 24.0 Å². The van der Waals surface area contributed by atoms with Crippen molar-refractivity contribution in [1.29, 1.82) is 0 Å². The standard InChI is InChI=1S/C14H21N5S/c1-9(15)14-16-11(8-20-14)13-17-12(18-19(13)2)10-6-4-3-5-7-10/h8-10H,3-7,15H2,1-2H3. The minimum absolute atomic E-state index is 0.0280. The molecule has 1 atom stereocenters. The number of hydrogen-bond acceptors (Lipinski definition) is 5. The predicted octanol–water partition coefficient (Wildman–Crippen LogP) is 3.01. The lowest BCUT2D eigenvalue weighted by molar-refractivity contribution is 0.427. The molecule has 1 unspecified atom stereocenters. The molecule has 1 aliphatic rings. The van der Waals surface area contributed by atoms with Crippen LogP contribution in [0, 0.1) is 0 Å². The van der Waals surface area contributed by atoms with Gasteiger partial charge in [-0.2, -0.15) is 5.10 Å². The molecule has 2 aromatic rings. The summed E-state index contributed by atoms with van der Waals surface area (Å²) in [6, 6.07) is -0.0280. The Bertz CT molecular complexity index is 580. The summed E-state index contributed by atoms with van der Waals surface area (Å²) in [5, 5.41) is 7.57. The highest BCUT2D eigenvalue weighted by molar-refractivity contribution is 7.10. The summed E-state index contributed by atoms with van der Waals surface area (Å²) in [6.07, 6.45) is 6.37. The maximum absolute atomic E-state index is 5.87. The van der Waals surface area contributed by atoms with E-state index < -0.39 is 0 Å². The third-order valence-electron chi connectivity index (χ3n) is 3.89. The van der Waals surface area contributed by atoms with Gasteiger partial charge in [0, 0.05) is 18.3 Å². The number of aromatic nitrogens is 4. The summed E-state index contributed by atoms with van der Waals surface area (Å²) in [4.78, 5) is 9.30. The van der Waals surface area contributed by atoms with Crippen LogP contribution in [0.1, 0.15) is 61.8 Å². The minimum Gasteiger partial charge on any atom is -0.322 e. The lowest BCUT2D eigenvalue weighted by Crippen LogP contribution is -2.06. The topological polar surface area (TPSA) is 69.6 Å². The second-order valence-corrected chi connectivity index (χ2v) is 6.50.